The van der Waals surface area contributed by atoms with Crippen molar-refractivity contribution in [2.24, 2.45) is 0 Å². The first-order valence-electron chi connectivity index (χ1n) is 7.23. The van der Waals surface area contributed by atoms with E-state index in [4.69, 9.17) is 9.47 Å². The van der Waals surface area contributed by atoms with Crippen LogP contribution in [-0.4, -0.2) is 18.7 Å². The van der Waals surface area contributed by atoms with Crippen molar-refractivity contribution in [2.45, 2.75) is 26.4 Å². The van der Waals surface area contributed by atoms with E-state index < -0.39 is 0 Å². The normalized spacial score (nSPS) is 10.4. The molecule has 0 unspecified atom stereocenters. The van der Waals surface area contributed by atoms with Crippen LogP contribution in [0.5, 0.6) is 11.5 Å². The van der Waals surface area contributed by atoms with Crippen LogP contribution in [0.2, 0.25) is 0 Å². The van der Waals surface area contributed by atoms with Crippen molar-refractivity contribution in [3.63, 3.8) is 0 Å². The lowest BCUT2D eigenvalue weighted by molar-refractivity contribution is 0.290. The zero-order valence-corrected chi connectivity index (χ0v) is 12.6. The van der Waals surface area contributed by atoms with Crippen LogP contribution in [0.1, 0.15) is 24.5 Å². The van der Waals surface area contributed by atoms with Crippen LogP contribution in [0.4, 0.5) is 0 Å². The topological polar surface area (TPSA) is 43.4 Å². The van der Waals surface area contributed by atoms with E-state index in [1.807, 2.05) is 24.4 Å². The molecular weight excluding hydrogens is 264 g/mol. The molecule has 0 amide bonds. The maximum Gasteiger partial charge on any atom is 0.165 e. The molecule has 0 saturated heterocycles. The summed E-state index contributed by atoms with van der Waals surface area (Å²) in [6, 6.07) is 9.97. The maximum atomic E-state index is 5.83. The van der Waals surface area contributed by atoms with Crippen LogP contribution in [0.3, 0.4) is 0 Å². The highest BCUT2D eigenvalue weighted by molar-refractivity contribution is 5.46. The van der Waals surface area contributed by atoms with Crippen LogP contribution in [0, 0.1) is 0 Å². The van der Waals surface area contributed by atoms with Gasteiger partial charge in [0.05, 0.1) is 13.7 Å². The van der Waals surface area contributed by atoms with Gasteiger partial charge in [-0.25, -0.2) is 0 Å². The molecule has 21 heavy (non-hydrogen) atoms. The summed E-state index contributed by atoms with van der Waals surface area (Å²) in [5.41, 5.74) is 2.27. The van der Waals surface area contributed by atoms with E-state index in [0.29, 0.717) is 6.61 Å². The maximum absolute atomic E-state index is 5.83. The molecule has 2 rings (SSSR count). The van der Waals surface area contributed by atoms with Gasteiger partial charge < -0.3 is 14.8 Å². The van der Waals surface area contributed by atoms with E-state index in [0.717, 1.165) is 42.1 Å². The van der Waals surface area contributed by atoms with Crippen molar-refractivity contribution in [2.75, 3.05) is 13.7 Å². The number of hydrogen-bond donors (Lipinski definition) is 1. The summed E-state index contributed by atoms with van der Waals surface area (Å²) in [5, 5.41) is 3.41. The number of ether oxygens (including phenoxy) is 2. The van der Waals surface area contributed by atoms with Gasteiger partial charge in [-0.1, -0.05) is 25.1 Å². The molecular formula is C17H22N2O2. The van der Waals surface area contributed by atoms with Crippen LogP contribution in [0.25, 0.3) is 0 Å². The third kappa shape index (κ3) is 4.46. The number of benzene rings is 1. The van der Waals surface area contributed by atoms with E-state index in [-0.39, 0.29) is 0 Å². The van der Waals surface area contributed by atoms with Crippen LogP contribution < -0.4 is 14.8 Å². The minimum absolute atomic E-state index is 0.690. The van der Waals surface area contributed by atoms with Crippen molar-refractivity contribution >= 4 is 0 Å². The summed E-state index contributed by atoms with van der Waals surface area (Å²) in [4.78, 5) is 4.11. The Kier molecular flexibility index (Phi) is 6.03. The zero-order chi connectivity index (χ0) is 14.9. The predicted octanol–water partition coefficient (Wildman–Crippen LogP) is 3.17. The first-order chi connectivity index (χ1) is 10.3. The molecule has 1 aromatic heterocycles. The molecule has 1 heterocycles. The van der Waals surface area contributed by atoms with Gasteiger partial charge in [0.1, 0.15) is 0 Å². The number of nitrogens with zero attached hydrogens (tertiary/aromatic N) is 1. The Morgan fingerprint density at radius 3 is 2.76 bits per heavy atom. The fourth-order valence-electron chi connectivity index (χ4n) is 2.07. The van der Waals surface area contributed by atoms with Crippen molar-refractivity contribution in [1.29, 1.82) is 0 Å². The van der Waals surface area contributed by atoms with Crippen molar-refractivity contribution in [1.82, 2.24) is 10.3 Å². The summed E-state index contributed by atoms with van der Waals surface area (Å²) in [5.74, 6) is 1.62. The summed E-state index contributed by atoms with van der Waals surface area (Å²) >= 11 is 0. The van der Waals surface area contributed by atoms with E-state index in [2.05, 4.69) is 29.4 Å². The quantitative estimate of drug-likeness (QED) is 0.809. The number of aromatic nitrogens is 1. The van der Waals surface area contributed by atoms with Crippen molar-refractivity contribution in [3.8, 4) is 11.5 Å². The third-order valence-electron chi connectivity index (χ3n) is 3.10. The Hall–Kier alpha value is -2.07. The first kappa shape index (κ1) is 15.3. The monoisotopic (exact) mass is 286 g/mol. The Balaban J connectivity index is 2.01. The minimum atomic E-state index is 0.690. The molecule has 0 atom stereocenters. The molecule has 0 saturated carbocycles. The van der Waals surface area contributed by atoms with Gasteiger partial charge in [-0.15, -0.1) is 0 Å². The minimum Gasteiger partial charge on any atom is -0.493 e. The van der Waals surface area contributed by atoms with Crippen molar-refractivity contribution < 1.29 is 9.47 Å². The van der Waals surface area contributed by atoms with Gasteiger partial charge >= 0.3 is 0 Å². The molecule has 0 aliphatic rings. The average Bonchev–Trinajstić information content (AvgIpc) is 2.54. The SMILES string of the molecule is CCCOc1c(CNCc2cccnc2)cccc1OC. The van der Waals surface area contributed by atoms with Gasteiger partial charge in [-0.05, 0) is 24.1 Å². The lowest BCUT2D eigenvalue weighted by Gasteiger charge is -2.15. The van der Waals surface area contributed by atoms with Crippen LogP contribution in [-0.2, 0) is 13.1 Å². The number of methoxy groups -OCH3 is 1. The highest BCUT2D eigenvalue weighted by Gasteiger charge is 2.10. The van der Waals surface area contributed by atoms with Crippen LogP contribution >= 0.6 is 0 Å². The summed E-state index contributed by atoms with van der Waals surface area (Å²) in [7, 11) is 1.67. The van der Waals surface area contributed by atoms with E-state index in [9.17, 15) is 0 Å². The lowest BCUT2D eigenvalue weighted by atomic mass is 10.1. The number of nitrogens with one attached hydrogen (secondary N) is 1. The van der Waals surface area contributed by atoms with Gasteiger partial charge in [0.2, 0.25) is 0 Å². The summed E-state index contributed by atoms with van der Waals surface area (Å²) in [6.45, 7) is 4.29. The second-order valence-corrected chi connectivity index (χ2v) is 4.76. The molecule has 0 aliphatic carbocycles. The molecule has 0 aliphatic heterocycles. The van der Waals surface area contributed by atoms with E-state index >= 15 is 0 Å². The molecule has 0 radical (unpaired) electrons. The van der Waals surface area contributed by atoms with E-state index in [1.165, 1.54) is 0 Å². The zero-order valence-electron chi connectivity index (χ0n) is 12.6. The Bertz CT molecular complexity index is 544. The highest BCUT2D eigenvalue weighted by atomic mass is 16.5. The van der Waals surface area contributed by atoms with Gasteiger partial charge in [-0.3, -0.25) is 4.98 Å². The van der Waals surface area contributed by atoms with Gasteiger partial charge in [0.15, 0.2) is 11.5 Å². The molecule has 4 heteroatoms. The smallest absolute Gasteiger partial charge is 0.165 e. The molecule has 1 aromatic carbocycles. The summed E-state index contributed by atoms with van der Waals surface area (Å²) < 4.78 is 11.2. The molecule has 1 N–H and O–H groups in total. The Morgan fingerprint density at radius 1 is 1.14 bits per heavy atom. The molecule has 4 nitrogen and oxygen atoms in total. The summed E-state index contributed by atoms with van der Waals surface area (Å²) in [6.07, 6.45) is 4.62. The number of rotatable bonds is 8. The lowest BCUT2D eigenvalue weighted by Crippen LogP contribution is -2.14. The first-order valence-corrected chi connectivity index (χ1v) is 7.23. The van der Waals surface area contributed by atoms with Gasteiger partial charge in [-0.2, -0.15) is 0 Å². The molecule has 112 valence electrons. The highest BCUT2D eigenvalue weighted by Crippen LogP contribution is 2.31. The molecule has 0 bridgehead atoms. The van der Waals surface area contributed by atoms with Crippen molar-refractivity contribution in [3.05, 3.63) is 53.9 Å². The Labute approximate surface area is 126 Å². The predicted molar refractivity (Wildman–Crippen MR) is 83.6 cm³/mol. The molecule has 2 aromatic rings. The average molecular weight is 286 g/mol. The standard InChI is InChI=1S/C17H22N2O2/c1-3-10-21-17-15(7-4-8-16(17)20-2)13-19-12-14-6-5-9-18-11-14/h4-9,11,19H,3,10,12-13H2,1-2H3. The second kappa shape index (κ2) is 8.27. The number of hydrogen-bond acceptors (Lipinski definition) is 4. The van der Waals surface area contributed by atoms with E-state index in [1.54, 1.807) is 13.3 Å². The number of para-hydroxylation sites is 1. The van der Waals surface area contributed by atoms with Gasteiger partial charge in [0, 0.05) is 31.0 Å². The number of pyridine rings is 1. The fourth-order valence-corrected chi connectivity index (χ4v) is 2.07. The molecule has 0 fully saturated rings. The van der Waals surface area contributed by atoms with Gasteiger partial charge in [0.25, 0.3) is 0 Å². The largest absolute Gasteiger partial charge is 0.493 e. The Morgan fingerprint density at radius 2 is 2.05 bits per heavy atom. The third-order valence-corrected chi connectivity index (χ3v) is 3.10. The molecule has 0 spiro atoms. The second-order valence-electron chi connectivity index (χ2n) is 4.76. The van der Waals surface area contributed by atoms with Crippen LogP contribution in [0.15, 0.2) is 42.7 Å². The fraction of sp³-hybridized carbons (Fsp3) is 0.353.